The van der Waals surface area contributed by atoms with Gasteiger partial charge in [-0.2, -0.15) is 4.31 Å². The van der Waals surface area contributed by atoms with Crippen LogP contribution in [0.3, 0.4) is 0 Å². The molecule has 1 aliphatic heterocycles. The number of rotatable bonds is 8. The van der Waals surface area contributed by atoms with E-state index in [0.29, 0.717) is 30.4 Å². The third-order valence-electron chi connectivity index (χ3n) is 5.24. The second kappa shape index (κ2) is 10.2. The number of nitrogens with one attached hydrogen (secondary N) is 1. The molecule has 170 valence electrons. The molecule has 1 aliphatic rings. The fraction of sp³-hybridized carbons (Fsp3) is 0.381. The van der Waals surface area contributed by atoms with Crippen molar-refractivity contribution < 1.29 is 13.2 Å². The molecule has 1 fully saturated rings. The van der Waals surface area contributed by atoms with Crippen molar-refractivity contribution in [3.63, 3.8) is 0 Å². The third-order valence-corrected chi connectivity index (χ3v) is 9.03. The maximum Gasteiger partial charge on any atom is 0.243 e. The summed E-state index contributed by atoms with van der Waals surface area (Å²) in [5, 5.41) is 13.9. The van der Waals surface area contributed by atoms with Gasteiger partial charge in [-0.25, -0.2) is 8.42 Å². The van der Waals surface area contributed by atoms with Crippen LogP contribution in [-0.4, -0.2) is 52.2 Å². The number of nitrogens with zero attached hydrogens (tertiary/aromatic N) is 4. The number of thioether (sulfide) groups is 1. The Balaban J connectivity index is 1.36. The molecule has 0 spiro atoms. The van der Waals surface area contributed by atoms with Gasteiger partial charge in [0, 0.05) is 37.1 Å². The highest BCUT2D eigenvalue weighted by Crippen LogP contribution is 2.24. The Morgan fingerprint density at radius 1 is 1.16 bits per heavy atom. The lowest BCUT2D eigenvalue weighted by molar-refractivity contribution is -0.113. The highest BCUT2D eigenvalue weighted by Gasteiger charge is 2.26. The standard InChI is InChI=1S/C21H25N5O3S3/c1-25-19(14-17-8-6-12-30-17)23-24-21(25)31-15-20(27)22-16-7-5-9-18(13-16)32(28,29)26-10-3-2-4-11-26/h5-9,12-13H,2-4,10-11,14-15H2,1H3,(H,22,27). The van der Waals surface area contributed by atoms with Gasteiger partial charge in [-0.15, -0.1) is 21.5 Å². The van der Waals surface area contributed by atoms with E-state index in [1.54, 1.807) is 29.5 Å². The molecule has 2 aromatic heterocycles. The molecule has 0 saturated carbocycles. The molecule has 8 nitrogen and oxygen atoms in total. The number of anilines is 1. The first-order valence-electron chi connectivity index (χ1n) is 10.4. The zero-order valence-corrected chi connectivity index (χ0v) is 20.2. The van der Waals surface area contributed by atoms with E-state index in [0.717, 1.165) is 25.1 Å². The quantitative estimate of drug-likeness (QED) is 0.485. The van der Waals surface area contributed by atoms with Gasteiger partial charge in [-0.1, -0.05) is 30.3 Å². The molecule has 3 heterocycles. The van der Waals surface area contributed by atoms with E-state index in [4.69, 9.17) is 0 Å². The van der Waals surface area contributed by atoms with Gasteiger partial charge >= 0.3 is 0 Å². The molecule has 0 atom stereocenters. The predicted molar refractivity (Wildman–Crippen MR) is 127 cm³/mol. The zero-order valence-electron chi connectivity index (χ0n) is 17.7. The van der Waals surface area contributed by atoms with E-state index in [-0.39, 0.29) is 16.6 Å². The fourth-order valence-electron chi connectivity index (χ4n) is 3.51. The maximum absolute atomic E-state index is 12.9. The summed E-state index contributed by atoms with van der Waals surface area (Å²) >= 11 is 2.96. The van der Waals surface area contributed by atoms with Gasteiger partial charge in [0.05, 0.1) is 10.6 Å². The second-order valence-corrected chi connectivity index (χ2v) is 11.5. The van der Waals surface area contributed by atoms with Crippen LogP contribution in [0.25, 0.3) is 0 Å². The van der Waals surface area contributed by atoms with Crippen molar-refractivity contribution >= 4 is 44.7 Å². The molecular formula is C21H25N5O3S3. The molecule has 32 heavy (non-hydrogen) atoms. The monoisotopic (exact) mass is 491 g/mol. The Morgan fingerprint density at radius 2 is 1.97 bits per heavy atom. The van der Waals surface area contributed by atoms with Crippen LogP contribution in [0.15, 0.2) is 51.8 Å². The van der Waals surface area contributed by atoms with E-state index in [9.17, 15) is 13.2 Å². The SMILES string of the molecule is Cn1c(Cc2cccs2)nnc1SCC(=O)Nc1cccc(S(=O)(=O)N2CCCCC2)c1. The molecule has 1 N–H and O–H groups in total. The van der Waals surface area contributed by atoms with Crippen molar-refractivity contribution in [1.29, 1.82) is 0 Å². The summed E-state index contributed by atoms with van der Waals surface area (Å²) in [6.45, 7) is 1.09. The van der Waals surface area contributed by atoms with Crippen LogP contribution < -0.4 is 5.32 Å². The lowest BCUT2D eigenvalue weighted by atomic mass is 10.2. The fourth-order valence-corrected chi connectivity index (χ4v) is 6.50. The topological polar surface area (TPSA) is 97.2 Å². The number of sulfonamides is 1. The van der Waals surface area contributed by atoms with E-state index in [1.165, 1.54) is 27.0 Å². The maximum atomic E-state index is 12.9. The van der Waals surface area contributed by atoms with Crippen LogP contribution in [0.5, 0.6) is 0 Å². The number of hydrogen-bond donors (Lipinski definition) is 1. The summed E-state index contributed by atoms with van der Waals surface area (Å²) in [5.41, 5.74) is 0.463. The molecule has 1 saturated heterocycles. The smallest absolute Gasteiger partial charge is 0.243 e. The Hall–Kier alpha value is -2.21. The third kappa shape index (κ3) is 5.40. The first-order valence-corrected chi connectivity index (χ1v) is 13.7. The van der Waals surface area contributed by atoms with Gasteiger partial charge in [0.1, 0.15) is 5.82 Å². The molecule has 1 amide bonds. The van der Waals surface area contributed by atoms with Crippen molar-refractivity contribution in [3.05, 3.63) is 52.5 Å². The molecule has 11 heteroatoms. The Labute approximate surface area is 196 Å². The summed E-state index contributed by atoms with van der Waals surface area (Å²) in [5.74, 6) is 0.755. The number of hydrogen-bond acceptors (Lipinski definition) is 7. The van der Waals surface area contributed by atoms with Crippen LogP contribution in [0.1, 0.15) is 30.0 Å². The summed E-state index contributed by atoms with van der Waals surface area (Å²) in [6.07, 6.45) is 3.51. The minimum absolute atomic E-state index is 0.147. The summed E-state index contributed by atoms with van der Waals surface area (Å²) in [7, 11) is -1.66. The van der Waals surface area contributed by atoms with Crippen molar-refractivity contribution in [2.45, 2.75) is 35.7 Å². The average Bonchev–Trinajstić information content (AvgIpc) is 3.44. The first kappa shape index (κ1) is 23.0. The number of aromatic nitrogens is 3. The summed E-state index contributed by atoms with van der Waals surface area (Å²) in [4.78, 5) is 13.9. The number of amides is 1. The number of carbonyl (C=O) groups is 1. The number of thiophene rings is 1. The van der Waals surface area contributed by atoms with Gasteiger partial charge in [-0.05, 0) is 42.5 Å². The Bertz CT molecular complexity index is 1170. The molecule has 3 aromatic rings. The first-order chi connectivity index (χ1) is 15.4. The molecule has 0 bridgehead atoms. The van der Waals surface area contributed by atoms with Gasteiger partial charge in [0.2, 0.25) is 15.9 Å². The molecule has 0 unspecified atom stereocenters. The number of carbonyl (C=O) groups excluding carboxylic acids is 1. The lowest BCUT2D eigenvalue weighted by Crippen LogP contribution is -2.35. The average molecular weight is 492 g/mol. The van der Waals surface area contributed by atoms with Crippen molar-refractivity contribution in [2.24, 2.45) is 7.05 Å². The second-order valence-electron chi connectivity index (χ2n) is 7.54. The largest absolute Gasteiger partial charge is 0.325 e. The van der Waals surface area contributed by atoms with E-state index in [2.05, 4.69) is 21.6 Å². The van der Waals surface area contributed by atoms with Crippen molar-refractivity contribution in [1.82, 2.24) is 19.1 Å². The minimum Gasteiger partial charge on any atom is -0.325 e. The van der Waals surface area contributed by atoms with Crippen LogP contribution in [-0.2, 0) is 28.3 Å². The molecule has 0 radical (unpaired) electrons. The number of benzene rings is 1. The van der Waals surface area contributed by atoms with Crippen LogP contribution in [0.2, 0.25) is 0 Å². The van der Waals surface area contributed by atoms with Crippen LogP contribution in [0.4, 0.5) is 5.69 Å². The highest BCUT2D eigenvalue weighted by molar-refractivity contribution is 7.99. The molecule has 0 aliphatic carbocycles. The van der Waals surface area contributed by atoms with E-state index >= 15 is 0 Å². The highest BCUT2D eigenvalue weighted by atomic mass is 32.2. The van der Waals surface area contributed by atoms with Crippen molar-refractivity contribution in [2.75, 3.05) is 24.2 Å². The Kier molecular flexibility index (Phi) is 7.29. The summed E-state index contributed by atoms with van der Waals surface area (Å²) < 4.78 is 29.2. The molecule has 1 aromatic carbocycles. The Morgan fingerprint density at radius 3 is 2.72 bits per heavy atom. The van der Waals surface area contributed by atoms with Gasteiger partial charge < -0.3 is 9.88 Å². The van der Waals surface area contributed by atoms with E-state index in [1.807, 2.05) is 23.1 Å². The van der Waals surface area contributed by atoms with Crippen molar-refractivity contribution in [3.8, 4) is 0 Å². The predicted octanol–water partition coefficient (Wildman–Crippen LogP) is 3.37. The van der Waals surface area contributed by atoms with Gasteiger partial charge in [0.15, 0.2) is 5.16 Å². The van der Waals surface area contributed by atoms with Gasteiger partial charge in [0.25, 0.3) is 0 Å². The summed E-state index contributed by atoms with van der Waals surface area (Å²) in [6, 6.07) is 10.5. The lowest BCUT2D eigenvalue weighted by Gasteiger charge is -2.26. The van der Waals surface area contributed by atoms with Gasteiger partial charge in [-0.3, -0.25) is 4.79 Å². The minimum atomic E-state index is -3.54. The van der Waals surface area contributed by atoms with Crippen LogP contribution in [0, 0.1) is 0 Å². The zero-order chi connectivity index (χ0) is 22.6. The number of piperidine rings is 1. The molecule has 4 rings (SSSR count). The van der Waals surface area contributed by atoms with E-state index < -0.39 is 10.0 Å². The van der Waals surface area contributed by atoms with Crippen LogP contribution >= 0.6 is 23.1 Å². The normalized spacial score (nSPS) is 15.0. The molecular weight excluding hydrogens is 466 g/mol.